The number of hydrogen-bond acceptors (Lipinski definition) is 6. The first-order chi connectivity index (χ1) is 17.3. The summed E-state index contributed by atoms with van der Waals surface area (Å²) in [7, 11) is 3.11. The van der Waals surface area contributed by atoms with Crippen molar-refractivity contribution in [1.82, 2.24) is 0 Å². The Hall–Kier alpha value is -3.38. The molecule has 5 rings (SSSR count). The molecule has 2 aliphatic rings. The number of anilines is 2. The van der Waals surface area contributed by atoms with Crippen LogP contribution >= 0.6 is 0 Å². The van der Waals surface area contributed by atoms with Crippen LogP contribution in [0.25, 0.3) is 0 Å². The lowest BCUT2D eigenvalue weighted by molar-refractivity contribution is -0.00721. The maximum atomic E-state index is 11.4. The molecule has 1 saturated carbocycles. The van der Waals surface area contributed by atoms with Gasteiger partial charge in [-0.2, -0.15) is 0 Å². The van der Waals surface area contributed by atoms with E-state index >= 15 is 0 Å². The molecular weight excluding hydrogens is 452 g/mol. The second kappa shape index (κ2) is 9.58. The molecule has 1 aliphatic carbocycles. The zero-order valence-electron chi connectivity index (χ0n) is 21.5. The first-order valence-electron chi connectivity index (χ1n) is 12.6. The molecule has 190 valence electrons. The van der Waals surface area contributed by atoms with E-state index in [2.05, 4.69) is 60.0 Å². The number of ether oxygens (including phenoxy) is 2. The van der Waals surface area contributed by atoms with Crippen molar-refractivity contribution in [3.8, 4) is 17.2 Å². The van der Waals surface area contributed by atoms with Crippen LogP contribution in [0.4, 0.5) is 11.4 Å². The third-order valence-corrected chi connectivity index (χ3v) is 7.78. The van der Waals surface area contributed by atoms with Gasteiger partial charge in [0.25, 0.3) is 0 Å². The smallest absolute Gasteiger partial charge is 0.200 e. The number of hydrogen-bond donors (Lipinski definition) is 2. The SMILES string of the molecule is COc1cc(C2N(c3ccccc3)CC3C(O)CC(C)(C)CC3N2c2ccccc2)cc(OC)c1O. The molecule has 0 amide bonds. The highest BCUT2D eigenvalue weighted by Crippen LogP contribution is 2.51. The molecule has 3 aromatic carbocycles. The number of benzene rings is 3. The molecule has 0 spiro atoms. The fourth-order valence-corrected chi connectivity index (χ4v) is 6.18. The van der Waals surface area contributed by atoms with Gasteiger partial charge in [-0.05, 0) is 54.7 Å². The highest BCUT2D eigenvalue weighted by molar-refractivity contribution is 5.62. The van der Waals surface area contributed by atoms with E-state index < -0.39 is 6.10 Å². The van der Waals surface area contributed by atoms with Gasteiger partial charge in [-0.3, -0.25) is 0 Å². The summed E-state index contributed by atoms with van der Waals surface area (Å²) in [6.45, 7) is 5.22. The summed E-state index contributed by atoms with van der Waals surface area (Å²) in [5.74, 6) is 0.813. The van der Waals surface area contributed by atoms with Gasteiger partial charge in [0, 0.05) is 35.4 Å². The number of methoxy groups -OCH3 is 2. The van der Waals surface area contributed by atoms with Crippen molar-refractivity contribution < 1.29 is 19.7 Å². The lowest BCUT2D eigenvalue weighted by atomic mass is 9.66. The highest BCUT2D eigenvalue weighted by Gasteiger charge is 2.50. The van der Waals surface area contributed by atoms with E-state index in [4.69, 9.17) is 9.47 Å². The predicted molar refractivity (Wildman–Crippen MR) is 143 cm³/mol. The van der Waals surface area contributed by atoms with Gasteiger partial charge in [0.1, 0.15) is 6.17 Å². The molecule has 1 aliphatic heterocycles. The number of phenolic OH excluding ortho intramolecular Hbond substituents is 1. The van der Waals surface area contributed by atoms with Crippen LogP contribution in [0.3, 0.4) is 0 Å². The van der Waals surface area contributed by atoms with Crippen molar-refractivity contribution in [1.29, 1.82) is 0 Å². The Labute approximate surface area is 213 Å². The molecular formula is C30H36N2O4. The Morgan fingerprint density at radius 2 is 1.39 bits per heavy atom. The Morgan fingerprint density at radius 3 is 1.94 bits per heavy atom. The second-order valence-corrected chi connectivity index (χ2v) is 10.7. The van der Waals surface area contributed by atoms with E-state index in [0.29, 0.717) is 18.0 Å². The van der Waals surface area contributed by atoms with Crippen LogP contribution in [0.5, 0.6) is 17.2 Å². The lowest BCUT2D eigenvalue weighted by Crippen LogP contribution is -2.64. The molecule has 36 heavy (non-hydrogen) atoms. The zero-order chi connectivity index (χ0) is 25.4. The van der Waals surface area contributed by atoms with Crippen LogP contribution in [0.15, 0.2) is 72.8 Å². The van der Waals surface area contributed by atoms with Gasteiger partial charge in [-0.15, -0.1) is 0 Å². The minimum atomic E-state index is -0.402. The lowest BCUT2D eigenvalue weighted by Gasteiger charge is -2.59. The van der Waals surface area contributed by atoms with Crippen LogP contribution in [0.1, 0.15) is 38.4 Å². The van der Waals surface area contributed by atoms with E-state index in [1.165, 1.54) is 0 Å². The van der Waals surface area contributed by atoms with Crippen LogP contribution in [0.2, 0.25) is 0 Å². The largest absolute Gasteiger partial charge is 0.502 e. The van der Waals surface area contributed by atoms with Gasteiger partial charge >= 0.3 is 0 Å². The van der Waals surface area contributed by atoms with E-state index in [-0.39, 0.29) is 29.3 Å². The average molecular weight is 489 g/mol. The molecule has 2 N–H and O–H groups in total. The number of phenols is 1. The number of nitrogens with zero attached hydrogens (tertiary/aromatic N) is 2. The number of aliphatic hydroxyl groups excluding tert-OH is 1. The highest BCUT2D eigenvalue weighted by atomic mass is 16.5. The number of rotatable bonds is 5. The van der Waals surface area contributed by atoms with Crippen LogP contribution in [-0.4, -0.2) is 43.1 Å². The molecule has 1 saturated heterocycles. The summed E-state index contributed by atoms with van der Waals surface area (Å²) >= 11 is 0. The quantitative estimate of drug-likeness (QED) is 0.487. The molecule has 1 heterocycles. The zero-order valence-corrected chi connectivity index (χ0v) is 21.5. The van der Waals surface area contributed by atoms with Crippen molar-refractivity contribution >= 4 is 11.4 Å². The van der Waals surface area contributed by atoms with Crippen LogP contribution in [0, 0.1) is 11.3 Å². The average Bonchev–Trinajstić information content (AvgIpc) is 2.88. The summed E-state index contributed by atoms with van der Waals surface area (Å²) in [5.41, 5.74) is 3.13. The maximum absolute atomic E-state index is 11.4. The van der Waals surface area contributed by atoms with Gasteiger partial charge < -0.3 is 29.5 Å². The molecule has 6 nitrogen and oxygen atoms in total. The maximum Gasteiger partial charge on any atom is 0.200 e. The number of fused-ring (bicyclic) bond motifs is 1. The Balaban J connectivity index is 1.75. The number of para-hydroxylation sites is 2. The Kier molecular flexibility index (Phi) is 6.47. The van der Waals surface area contributed by atoms with Gasteiger partial charge in [0.2, 0.25) is 5.75 Å². The minimum absolute atomic E-state index is 0.0100. The van der Waals surface area contributed by atoms with E-state index in [1.54, 1.807) is 14.2 Å². The normalized spacial score (nSPS) is 25.2. The molecule has 0 radical (unpaired) electrons. The standard InChI is InChI=1S/C30H36N2O4/c1-30(2)17-24-23(25(33)18-30)19-31(21-11-7-5-8-12-21)29(32(24)22-13-9-6-10-14-22)20-15-26(35-3)28(34)27(16-20)36-4/h5-16,23-25,29,33-34H,17-19H2,1-4H3. The summed E-state index contributed by atoms with van der Waals surface area (Å²) in [6, 6.07) is 24.7. The fourth-order valence-electron chi connectivity index (χ4n) is 6.18. The van der Waals surface area contributed by atoms with Crippen molar-refractivity contribution in [3.05, 3.63) is 78.4 Å². The van der Waals surface area contributed by atoms with E-state index in [0.717, 1.165) is 29.8 Å². The van der Waals surface area contributed by atoms with Gasteiger partial charge in [0.15, 0.2) is 11.5 Å². The number of aromatic hydroxyl groups is 1. The van der Waals surface area contributed by atoms with Crippen LogP contribution in [-0.2, 0) is 0 Å². The third-order valence-electron chi connectivity index (χ3n) is 7.78. The summed E-state index contributed by atoms with van der Waals surface area (Å²) < 4.78 is 11.1. The molecule has 0 bridgehead atoms. The summed E-state index contributed by atoms with van der Waals surface area (Å²) in [6.07, 6.45) is 1.14. The fraction of sp³-hybridized carbons (Fsp3) is 0.400. The molecule has 6 heteroatoms. The van der Waals surface area contributed by atoms with Crippen molar-refractivity contribution in [2.75, 3.05) is 30.6 Å². The van der Waals surface area contributed by atoms with Gasteiger partial charge in [-0.25, -0.2) is 0 Å². The molecule has 3 aromatic rings. The summed E-state index contributed by atoms with van der Waals surface area (Å²) in [4.78, 5) is 4.82. The topological polar surface area (TPSA) is 65.4 Å². The molecule has 4 atom stereocenters. The molecule has 0 aromatic heterocycles. The van der Waals surface area contributed by atoms with Gasteiger partial charge in [0.05, 0.1) is 20.3 Å². The predicted octanol–water partition coefficient (Wildman–Crippen LogP) is 5.60. The van der Waals surface area contributed by atoms with Crippen LogP contribution < -0.4 is 19.3 Å². The monoisotopic (exact) mass is 488 g/mol. The van der Waals surface area contributed by atoms with E-state index in [9.17, 15) is 10.2 Å². The summed E-state index contributed by atoms with van der Waals surface area (Å²) in [5, 5.41) is 22.1. The third kappa shape index (κ3) is 4.35. The van der Waals surface area contributed by atoms with E-state index in [1.807, 2.05) is 36.4 Å². The minimum Gasteiger partial charge on any atom is -0.502 e. The van der Waals surface area contributed by atoms with Crippen molar-refractivity contribution in [2.45, 2.75) is 45.0 Å². The first-order valence-corrected chi connectivity index (χ1v) is 12.6. The second-order valence-electron chi connectivity index (χ2n) is 10.7. The van der Waals surface area contributed by atoms with Crippen molar-refractivity contribution in [2.24, 2.45) is 11.3 Å². The van der Waals surface area contributed by atoms with Gasteiger partial charge in [-0.1, -0.05) is 50.2 Å². The molecule has 2 fully saturated rings. The molecule has 4 unspecified atom stereocenters. The Morgan fingerprint density at radius 1 is 0.833 bits per heavy atom. The Bertz CT molecular complexity index is 1160. The number of aliphatic hydroxyl groups is 1. The van der Waals surface area contributed by atoms with Crippen molar-refractivity contribution in [3.63, 3.8) is 0 Å². The first kappa shape index (κ1) is 24.3.